The molecule has 0 aliphatic carbocycles. The third-order valence-corrected chi connectivity index (χ3v) is 2.74. The summed E-state index contributed by atoms with van der Waals surface area (Å²) in [5, 5.41) is 7.55. The standard InChI is InChI=1S/C14H14Cl3NO/c1-2-6-12(19-13(18)14(15,16)17)10-9-11-7-4-3-5-8-11/h2-5,7-10,12,18H,1,6H2/b10-9+,18-13?/t12-/m0/s1. The highest BCUT2D eigenvalue weighted by atomic mass is 35.6. The third-order valence-electron chi connectivity index (χ3n) is 2.23. The molecule has 1 atom stereocenters. The molecule has 5 heteroatoms. The predicted molar refractivity (Wildman–Crippen MR) is 83.2 cm³/mol. The number of rotatable bonds is 5. The molecule has 2 nitrogen and oxygen atoms in total. The Hall–Kier alpha value is -0.960. The van der Waals surface area contributed by atoms with Crippen molar-refractivity contribution in [2.24, 2.45) is 0 Å². The fraction of sp³-hybridized carbons (Fsp3) is 0.214. The van der Waals surface area contributed by atoms with Gasteiger partial charge in [-0.05, 0) is 11.6 Å². The van der Waals surface area contributed by atoms with Crippen molar-refractivity contribution in [3.8, 4) is 0 Å². The number of ether oxygens (including phenoxy) is 1. The largest absolute Gasteiger partial charge is 0.470 e. The zero-order valence-corrected chi connectivity index (χ0v) is 12.4. The van der Waals surface area contributed by atoms with Gasteiger partial charge in [-0.3, -0.25) is 5.41 Å². The van der Waals surface area contributed by atoms with Crippen LogP contribution in [0.4, 0.5) is 0 Å². The average Bonchev–Trinajstić information content (AvgIpc) is 2.36. The van der Waals surface area contributed by atoms with Crippen molar-refractivity contribution in [3.63, 3.8) is 0 Å². The highest BCUT2D eigenvalue weighted by molar-refractivity contribution is 6.76. The maximum atomic E-state index is 7.55. The van der Waals surface area contributed by atoms with Crippen LogP contribution in [-0.4, -0.2) is 15.8 Å². The molecule has 0 aliphatic rings. The molecule has 1 rings (SSSR count). The van der Waals surface area contributed by atoms with Crippen LogP contribution in [0.2, 0.25) is 0 Å². The summed E-state index contributed by atoms with van der Waals surface area (Å²) >= 11 is 16.7. The zero-order chi connectivity index (χ0) is 14.3. The Balaban J connectivity index is 2.71. The van der Waals surface area contributed by atoms with E-state index in [1.165, 1.54) is 0 Å². The van der Waals surface area contributed by atoms with E-state index in [0.717, 1.165) is 5.56 Å². The van der Waals surface area contributed by atoms with Gasteiger partial charge in [-0.1, -0.05) is 77.3 Å². The van der Waals surface area contributed by atoms with Crippen LogP contribution in [0, 0.1) is 5.41 Å². The summed E-state index contributed by atoms with van der Waals surface area (Å²) in [5.74, 6) is -0.401. The maximum absolute atomic E-state index is 7.55. The summed E-state index contributed by atoms with van der Waals surface area (Å²) in [4.78, 5) is 0. The van der Waals surface area contributed by atoms with Crippen molar-refractivity contribution in [3.05, 3.63) is 54.6 Å². The first-order valence-corrected chi connectivity index (χ1v) is 6.73. The van der Waals surface area contributed by atoms with Gasteiger partial charge in [-0.25, -0.2) is 0 Å². The van der Waals surface area contributed by atoms with Gasteiger partial charge in [0.15, 0.2) is 0 Å². The molecule has 0 aliphatic heterocycles. The minimum Gasteiger partial charge on any atom is -0.470 e. The summed E-state index contributed by atoms with van der Waals surface area (Å²) in [6.07, 6.45) is 5.51. The molecular weight excluding hydrogens is 305 g/mol. The van der Waals surface area contributed by atoms with Gasteiger partial charge in [-0.15, -0.1) is 6.58 Å². The molecule has 0 aromatic heterocycles. The number of nitrogens with one attached hydrogen (secondary N) is 1. The van der Waals surface area contributed by atoms with Crippen LogP contribution < -0.4 is 0 Å². The van der Waals surface area contributed by atoms with E-state index < -0.39 is 9.69 Å². The van der Waals surface area contributed by atoms with E-state index in [1.54, 1.807) is 6.08 Å². The van der Waals surface area contributed by atoms with Crippen molar-refractivity contribution in [1.29, 1.82) is 5.41 Å². The van der Waals surface area contributed by atoms with Crippen LogP contribution >= 0.6 is 34.8 Å². The van der Waals surface area contributed by atoms with Crippen molar-refractivity contribution in [1.82, 2.24) is 0 Å². The molecule has 0 saturated carbocycles. The molecule has 0 fully saturated rings. The molecule has 0 spiro atoms. The maximum Gasteiger partial charge on any atom is 0.265 e. The Kier molecular flexibility index (Phi) is 6.43. The third kappa shape index (κ3) is 6.15. The lowest BCUT2D eigenvalue weighted by atomic mass is 10.1. The van der Waals surface area contributed by atoms with E-state index in [1.807, 2.05) is 42.5 Å². The van der Waals surface area contributed by atoms with Gasteiger partial charge in [0.05, 0.1) is 0 Å². The number of halogens is 3. The van der Waals surface area contributed by atoms with Crippen molar-refractivity contribution >= 4 is 46.8 Å². The molecule has 0 bridgehead atoms. The fourth-order valence-corrected chi connectivity index (χ4v) is 1.46. The highest BCUT2D eigenvalue weighted by Gasteiger charge is 2.29. The Morgan fingerprint density at radius 3 is 2.47 bits per heavy atom. The van der Waals surface area contributed by atoms with Gasteiger partial charge in [0.25, 0.3) is 3.79 Å². The molecular formula is C14H14Cl3NO. The van der Waals surface area contributed by atoms with Crippen molar-refractivity contribution in [2.45, 2.75) is 16.3 Å². The van der Waals surface area contributed by atoms with Crippen LogP contribution in [0.25, 0.3) is 6.08 Å². The summed E-state index contributed by atoms with van der Waals surface area (Å²) in [7, 11) is 0. The SMILES string of the molecule is C=CC[C@@H](/C=C/c1ccccc1)OC(=N)C(Cl)(Cl)Cl. The smallest absolute Gasteiger partial charge is 0.265 e. The predicted octanol–water partition coefficient (Wildman–Crippen LogP) is 5.01. The highest BCUT2D eigenvalue weighted by Crippen LogP contribution is 2.28. The minimum atomic E-state index is -1.85. The Morgan fingerprint density at radius 1 is 1.32 bits per heavy atom. The van der Waals surface area contributed by atoms with Crippen LogP contribution in [0.15, 0.2) is 49.1 Å². The molecule has 102 valence electrons. The molecule has 0 heterocycles. The van der Waals surface area contributed by atoms with Crippen molar-refractivity contribution in [2.75, 3.05) is 0 Å². The van der Waals surface area contributed by atoms with Gasteiger partial charge in [0.2, 0.25) is 5.90 Å². The van der Waals surface area contributed by atoms with Gasteiger partial charge in [0, 0.05) is 6.42 Å². The lowest BCUT2D eigenvalue weighted by molar-refractivity contribution is 0.233. The topological polar surface area (TPSA) is 33.1 Å². The van der Waals surface area contributed by atoms with E-state index >= 15 is 0 Å². The average molecular weight is 319 g/mol. The van der Waals surface area contributed by atoms with Crippen molar-refractivity contribution < 1.29 is 4.74 Å². The van der Waals surface area contributed by atoms with E-state index in [-0.39, 0.29) is 6.10 Å². The second kappa shape index (κ2) is 7.59. The quantitative estimate of drug-likeness (QED) is 0.352. The molecule has 0 unspecified atom stereocenters. The van der Waals surface area contributed by atoms with Gasteiger partial charge < -0.3 is 4.74 Å². The molecule has 1 aromatic rings. The molecule has 0 saturated heterocycles. The van der Waals surface area contributed by atoms with Crippen LogP contribution in [0.5, 0.6) is 0 Å². The van der Waals surface area contributed by atoms with Crippen LogP contribution in [0.3, 0.4) is 0 Å². The fourth-order valence-electron chi connectivity index (χ4n) is 1.33. The second-order valence-corrected chi connectivity index (χ2v) is 6.06. The Labute approximate surface area is 128 Å². The Bertz CT molecular complexity index is 452. The first-order valence-electron chi connectivity index (χ1n) is 5.60. The first kappa shape index (κ1) is 16.1. The summed E-state index contributed by atoms with van der Waals surface area (Å²) in [6.45, 7) is 3.64. The van der Waals surface area contributed by atoms with E-state index in [0.29, 0.717) is 6.42 Å². The summed E-state index contributed by atoms with van der Waals surface area (Å²) < 4.78 is 3.46. The number of hydrogen-bond acceptors (Lipinski definition) is 2. The van der Waals surface area contributed by atoms with E-state index in [9.17, 15) is 0 Å². The Morgan fingerprint density at radius 2 is 1.95 bits per heavy atom. The molecule has 1 N–H and O–H groups in total. The summed E-state index contributed by atoms with van der Waals surface area (Å²) in [6, 6.07) is 9.73. The molecule has 0 radical (unpaired) electrons. The molecule has 0 amide bonds. The number of hydrogen-bond donors (Lipinski definition) is 1. The lowest BCUT2D eigenvalue weighted by Crippen LogP contribution is -2.26. The first-order chi connectivity index (χ1) is 8.93. The number of benzene rings is 1. The van der Waals surface area contributed by atoms with E-state index in [2.05, 4.69) is 6.58 Å². The molecule has 1 aromatic carbocycles. The molecule has 19 heavy (non-hydrogen) atoms. The normalized spacial score (nSPS) is 13.2. The zero-order valence-electron chi connectivity index (χ0n) is 10.2. The summed E-state index contributed by atoms with van der Waals surface area (Å²) in [5.41, 5.74) is 1.03. The lowest BCUT2D eigenvalue weighted by Gasteiger charge is -2.18. The van der Waals surface area contributed by atoms with E-state index in [4.69, 9.17) is 44.9 Å². The van der Waals surface area contributed by atoms with Gasteiger partial charge in [-0.2, -0.15) is 0 Å². The van der Waals surface area contributed by atoms with Gasteiger partial charge in [0.1, 0.15) is 6.10 Å². The van der Waals surface area contributed by atoms with Crippen LogP contribution in [0.1, 0.15) is 12.0 Å². The van der Waals surface area contributed by atoms with Crippen LogP contribution in [-0.2, 0) is 4.74 Å². The monoisotopic (exact) mass is 317 g/mol. The minimum absolute atomic E-state index is 0.388. The second-order valence-electron chi connectivity index (χ2n) is 3.78. The number of alkyl halides is 3. The van der Waals surface area contributed by atoms with Gasteiger partial charge >= 0.3 is 0 Å².